The van der Waals surface area contributed by atoms with Crippen LogP contribution in [0.15, 0.2) is 24.5 Å². The molecule has 38 heavy (non-hydrogen) atoms. The fraction of sp³-hybridized carbons (Fsp3) is 0.458. The molecule has 3 heterocycles. The first-order chi connectivity index (χ1) is 17.6. The number of carbonyl (C=O) groups excluding carboxylic acids is 1. The third-order valence-corrected chi connectivity index (χ3v) is 6.86. The summed E-state index contributed by atoms with van der Waals surface area (Å²) in [7, 11) is 2.07. The molecule has 2 aromatic heterocycles. The first kappa shape index (κ1) is 27.2. The third kappa shape index (κ3) is 5.39. The van der Waals surface area contributed by atoms with E-state index in [2.05, 4.69) is 75.1 Å². The molecule has 1 saturated heterocycles. The lowest BCUT2D eigenvalue weighted by molar-refractivity contribution is -0.189. The Kier molecular flexibility index (Phi) is 6.80. The van der Waals surface area contributed by atoms with Crippen molar-refractivity contribution in [1.82, 2.24) is 30.3 Å². The summed E-state index contributed by atoms with van der Waals surface area (Å²) in [5, 5.41) is 27.8. The molecule has 0 radical (unpaired) electrons. The smallest absolute Gasteiger partial charge is 0.491 e. The van der Waals surface area contributed by atoms with Crippen LogP contribution >= 0.6 is 0 Å². The van der Waals surface area contributed by atoms with Crippen molar-refractivity contribution in [2.75, 3.05) is 12.4 Å². The molecule has 10 nitrogen and oxygen atoms in total. The molecule has 0 atom stereocenters. The Balaban J connectivity index is 1.66. The molecule has 14 heteroatoms. The summed E-state index contributed by atoms with van der Waals surface area (Å²) in [6.07, 6.45) is -1.72. The lowest BCUT2D eigenvalue weighted by Crippen LogP contribution is -2.61. The number of halogens is 4. The normalized spacial score (nSPS) is 17.8. The zero-order valence-corrected chi connectivity index (χ0v) is 21.3. The minimum absolute atomic E-state index is 0.0177. The Labute approximate surface area is 215 Å². The summed E-state index contributed by atoms with van der Waals surface area (Å²) in [6.45, 7) is 8.54. The number of alkyl halides is 3. The topological polar surface area (TPSA) is 129 Å². The van der Waals surface area contributed by atoms with E-state index < -0.39 is 29.5 Å². The number of hydrogen-bond donors (Lipinski definition) is 3. The number of aromatic hydroxyl groups is 1. The molecule has 0 spiro atoms. The van der Waals surface area contributed by atoms with Crippen LogP contribution in [-0.2, 0) is 4.79 Å². The molecule has 3 N–H and O–H groups in total. The Morgan fingerprint density at radius 1 is 1.16 bits per heavy atom. The lowest BCUT2D eigenvalue weighted by Gasteiger charge is -2.53. The highest BCUT2D eigenvalue weighted by atomic mass is 19.4. The number of ether oxygens (including phenoxy) is 1. The fourth-order valence-corrected chi connectivity index (χ4v) is 4.83. The first-order valence-electron chi connectivity index (χ1n) is 11.6. The zero-order chi connectivity index (χ0) is 28.0. The van der Waals surface area contributed by atoms with Crippen LogP contribution in [0.1, 0.15) is 40.5 Å². The number of phenols is 1. The molecule has 0 aliphatic carbocycles. The van der Waals surface area contributed by atoms with E-state index in [-0.39, 0.29) is 45.6 Å². The highest BCUT2D eigenvalue weighted by Crippen LogP contribution is 2.42. The second kappa shape index (κ2) is 9.49. The van der Waals surface area contributed by atoms with Gasteiger partial charge in [-0.2, -0.15) is 18.3 Å². The fourth-order valence-electron chi connectivity index (χ4n) is 4.83. The summed E-state index contributed by atoms with van der Waals surface area (Å²) in [4.78, 5) is 18.1. The summed E-state index contributed by atoms with van der Waals surface area (Å²) in [5.74, 6) is -4.54. The van der Waals surface area contributed by atoms with Gasteiger partial charge in [0.15, 0.2) is 5.82 Å². The molecule has 3 aromatic rings. The number of likely N-dealkylation sites (tertiary alicyclic amines) is 1. The molecule has 1 aliphatic rings. The number of phenolic OH excluding ortho intramolecular Hbond substituents is 1. The molecular formula is C24H27F4N7O3. The molecule has 0 bridgehead atoms. The molecule has 204 valence electrons. The molecule has 4 rings (SSSR count). The number of aromatic amines is 1. The van der Waals surface area contributed by atoms with Crippen molar-refractivity contribution in [3.63, 3.8) is 0 Å². The molecule has 1 aliphatic heterocycles. The summed E-state index contributed by atoms with van der Waals surface area (Å²) in [6, 6.07) is 2.03. The Hall–Kier alpha value is -3.81. The predicted molar refractivity (Wildman–Crippen MR) is 129 cm³/mol. The van der Waals surface area contributed by atoms with Gasteiger partial charge in [-0.15, -0.1) is 10.2 Å². The van der Waals surface area contributed by atoms with Gasteiger partial charge in [-0.3, -0.25) is 10.00 Å². The van der Waals surface area contributed by atoms with Gasteiger partial charge < -0.3 is 15.2 Å². The van der Waals surface area contributed by atoms with E-state index in [1.165, 1.54) is 6.20 Å². The average molecular weight is 538 g/mol. The second-order valence-electron chi connectivity index (χ2n) is 10.4. The molecule has 0 amide bonds. The average Bonchev–Trinajstić information content (AvgIpc) is 3.23. The number of H-pyrrole nitrogens is 1. The van der Waals surface area contributed by atoms with E-state index in [9.17, 15) is 27.5 Å². The number of piperidine rings is 1. The van der Waals surface area contributed by atoms with Crippen molar-refractivity contribution >= 4 is 11.9 Å². The Morgan fingerprint density at radius 2 is 1.82 bits per heavy atom. The number of esters is 1. The maximum atomic E-state index is 14.0. The van der Waals surface area contributed by atoms with Gasteiger partial charge >= 0.3 is 12.1 Å². The van der Waals surface area contributed by atoms with Gasteiger partial charge in [0.2, 0.25) is 5.95 Å². The Morgan fingerprint density at radius 3 is 2.34 bits per heavy atom. The third-order valence-electron chi connectivity index (χ3n) is 6.86. The van der Waals surface area contributed by atoms with Crippen LogP contribution in [0, 0.1) is 5.82 Å². The minimum Gasteiger partial charge on any atom is -0.507 e. The molecule has 0 saturated carbocycles. The van der Waals surface area contributed by atoms with Crippen molar-refractivity contribution in [3.05, 3.63) is 30.3 Å². The van der Waals surface area contributed by atoms with Crippen LogP contribution in [0.5, 0.6) is 11.5 Å². The van der Waals surface area contributed by atoms with Crippen LogP contribution in [0.2, 0.25) is 0 Å². The minimum atomic E-state index is -5.32. The highest BCUT2D eigenvalue weighted by Gasteiger charge is 2.44. The van der Waals surface area contributed by atoms with E-state index in [0.29, 0.717) is 0 Å². The summed E-state index contributed by atoms with van der Waals surface area (Å²) in [5.41, 5.74) is -1.10. The van der Waals surface area contributed by atoms with Crippen LogP contribution in [0.3, 0.4) is 0 Å². The van der Waals surface area contributed by atoms with Gasteiger partial charge in [-0.25, -0.2) is 14.2 Å². The van der Waals surface area contributed by atoms with Gasteiger partial charge in [0, 0.05) is 22.7 Å². The van der Waals surface area contributed by atoms with Crippen molar-refractivity contribution in [2.45, 2.75) is 63.8 Å². The van der Waals surface area contributed by atoms with E-state index in [1.54, 1.807) is 0 Å². The number of hydrogen-bond acceptors (Lipinski definition) is 9. The van der Waals surface area contributed by atoms with Gasteiger partial charge in [0.25, 0.3) is 0 Å². The van der Waals surface area contributed by atoms with E-state index >= 15 is 0 Å². The monoisotopic (exact) mass is 537 g/mol. The van der Waals surface area contributed by atoms with Crippen molar-refractivity contribution in [2.24, 2.45) is 0 Å². The number of carbonyl (C=O) groups is 1. The number of benzene rings is 1. The van der Waals surface area contributed by atoms with Crippen LogP contribution in [-0.4, -0.2) is 71.7 Å². The molecule has 1 aromatic carbocycles. The van der Waals surface area contributed by atoms with Crippen molar-refractivity contribution in [1.29, 1.82) is 0 Å². The number of anilines is 1. The number of nitrogens with one attached hydrogen (secondary N) is 2. The maximum absolute atomic E-state index is 14.0. The lowest BCUT2D eigenvalue weighted by atomic mass is 9.77. The second-order valence-corrected chi connectivity index (χ2v) is 10.4. The van der Waals surface area contributed by atoms with Gasteiger partial charge in [0.1, 0.15) is 22.9 Å². The molecular weight excluding hydrogens is 510 g/mol. The van der Waals surface area contributed by atoms with E-state index in [0.717, 1.165) is 31.2 Å². The van der Waals surface area contributed by atoms with E-state index in [1.807, 2.05) is 0 Å². The zero-order valence-electron chi connectivity index (χ0n) is 21.3. The standard InChI is InChI=1S/C24H27F4N7O3/c1-22(2)8-13(9-23(3,4)35(22)5)31-21-29-11-15(32-34-21)18-16(36)6-12(19-14(25)10-30-33-19)7-17(18)38-20(37)24(26,27)28/h6-7,10-11,13,36H,8-9H2,1-5H3,(H,30,33)(H,29,31,34). The number of aromatic nitrogens is 5. The molecule has 0 unspecified atom stereocenters. The van der Waals surface area contributed by atoms with Gasteiger partial charge in [-0.1, -0.05) is 0 Å². The first-order valence-corrected chi connectivity index (χ1v) is 11.6. The number of rotatable bonds is 5. The van der Waals surface area contributed by atoms with E-state index in [4.69, 9.17) is 0 Å². The van der Waals surface area contributed by atoms with Crippen molar-refractivity contribution < 1.29 is 32.2 Å². The van der Waals surface area contributed by atoms with Crippen LogP contribution in [0.25, 0.3) is 22.5 Å². The van der Waals surface area contributed by atoms with Crippen LogP contribution < -0.4 is 10.1 Å². The SMILES string of the molecule is CN1C(C)(C)CC(Nc2ncc(-c3c(O)cc(-c4[nH]ncc4F)cc3OC(=O)C(F)(F)F)nn2)CC1(C)C. The molecule has 1 fully saturated rings. The Bertz CT molecular complexity index is 1320. The van der Waals surface area contributed by atoms with Gasteiger partial charge in [-0.05, 0) is 59.7 Å². The quantitative estimate of drug-likeness (QED) is 0.248. The van der Waals surface area contributed by atoms with Crippen LogP contribution in [0.4, 0.5) is 23.5 Å². The highest BCUT2D eigenvalue weighted by molar-refractivity contribution is 5.85. The maximum Gasteiger partial charge on any atom is 0.491 e. The predicted octanol–water partition coefficient (Wildman–Crippen LogP) is 4.30. The summed E-state index contributed by atoms with van der Waals surface area (Å²) < 4.78 is 57.4. The number of nitrogens with zero attached hydrogens (tertiary/aromatic N) is 5. The van der Waals surface area contributed by atoms with Gasteiger partial charge in [0.05, 0.1) is 18.0 Å². The largest absolute Gasteiger partial charge is 0.507 e. The summed E-state index contributed by atoms with van der Waals surface area (Å²) >= 11 is 0. The van der Waals surface area contributed by atoms with Crippen molar-refractivity contribution in [3.8, 4) is 34.0 Å².